The maximum absolute atomic E-state index is 12.0. The number of carbonyl (C=O) groups is 2. The second kappa shape index (κ2) is 3.46. The van der Waals surface area contributed by atoms with Gasteiger partial charge >= 0.3 is 5.97 Å². The Morgan fingerprint density at radius 2 is 2.33 bits per heavy atom. The lowest BCUT2D eigenvalue weighted by molar-refractivity contribution is -0.143. The molecule has 78 valence electrons. The minimum absolute atomic E-state index is 0.259. The summed E-state index contributed by atoms with van der Waals surface area (Å²) in [6, 6.07) is 5.06. The van der Waals surface area contributed by atoms with E-state index < -0.39 is 11.4 Å². The highest BCUT2D eigenvalue weighted by Gasteiger charge is 2.47. The summed E-state index contributed by atoms with van der Waals surface area (Å²) in [7, 11) is 0. The fourth-order valence-corrected chi connectivity index (χ4v) is 1.60. The maximum atomic E-state index is 12.0. The number of esters is 1. The molecular weight excluding hydrogens is 194 g/mol. The van der Waals surface area contributed by atoms with Gasteiger partial charge in [-0.25, -0.2) is 0 Å². The lowest BCUT2D eigenvalue weighted by Gasteiger charge is -2.15. The van der Waals surface area contributed by atoms with Crippen LogP contribution < -0.4 is 0 Å². The Kier molecular flexibility index (Phi) is 2.26. The molecule has 15 heavy (non-hydrogen) atoms. The number of Topliss-reactive ketones (excluding diaryl/α,β-unsaturated/α-hetero) is 1. The monoisotopic (exact) mass is 205 g/mol. The number of ketones is 1. The molecule has 4 nitrogen and oxygen atoms in total. The van der Waals surface area contributed by atoms with Crippen LogP contribution >= 0.6 is 0 Å². The van der Waals surface area contributed by atoms with Crippen LogP contribution in [0.15, 0.2) is 24.4 Å². The number of pyridine rings is 1. The number of aromatic nitrogens is 1. The number of hydrogen-bond donors (Lipinski definition) is 0. The normalized spacial score (nSPS) is 25.0. The molecule has 4 heteroatoms. The maximum Gasteiger partial charge on any atom is 0.319 e. The third-order valence-corrected chi connectivity index (χ3v) is 2.68. The molecule has 0 amide bonds. The van der Waals surface area contributed by atoms with Crippen molar-refractivity contribution in [2.45, 2.75) is 13.3 Å². The van der Waals surface area contributed by atoms with Gasteiger partial charge in [-0.05, 0) is 19.1 Å². The smallest absolute Gasteiger partial charge is 0.319 e. The van der Waals surface area contributed by atoms with E-state index in [0.29, 0.717) is 18.7 Å². The van der Waals surface area contributed by atoms with Crippen LogP contribution in [0.4, 0.5) is 0 Å². The van der Waals surface area contributed by atoms with Crippen molar-refractivity contribution in [2.75, 3.05) is 6.61 Å². The van der Waals surface area contributed by atoms with Gasteiger partial charge in [-0.15, -0.1) is 0 Å². The molecule has 1 aliphatic rings. The van der Waals surface area contributed by atoms with Crippen LogP contribution in [0.25, 0.3) is 0 Å². The molecule has 0 aromatic carbocycles. The molecule has 0 bridgehead atoms. The molecule has 1 aliphatic heterocycles. The predicted molar refractivity (Wildman–Crippen MR) is 52.3 cm³/mol. The summed E-state index contributed by atoms with van der Waals surface area (Å²) >= 11 is 0. The Morgan fingerprint density at radius 1 is 1.53 bits per heavy atom. The van der Waals surface area contributed by atoms with E-state index in [1.54, 1.807) is 25.1 Å². The SMILES string of the molecule is CC1(C(=O)c2ccccn2)CCOC1=O. The second-order valence-corrected chi connectivity index (χ2v) is 3.76. The third kappa shape index (κ3) is 1.52. The lowest BCUT2D eigenvalue weighted by atomic mass is 9.82. The second-order valence-electron chi connectivity index (χ2n) is 3.76. The van der Waals surface area contributed by atoms with E-state index >= 15 is 0 Å². The highest BCUT2D eigenvalue weighted by atomic mass is 16.5. The van der Waals surface area contributed by atoms with Gasteiger partial charge in [-0.2, -0.15) is 0 Å². The minimum atomic E-state index is -1.05. The molecule has 2 heterocycles. The topological polar surface area (TPSA) is 56.3 Å². The summed E-state index contributed by atoms with van der Waals surface area (Å²) in [6.07, 6.45) is 1.97. The first-order valence-corrected chi connectivity index (χ1v) is 4.78. The van der Waals surface area contributed by atoms with Crippen molar-refractivity contribution in [2.24, 2.45) is 5.41 Å². The highest BCUT2D eigenvalue weighted by molar-refractivity contribution is 6.11. The van der Waals surface area contributed by atoms with E-state index in [1.165, 1.54) is 6.20 Å². The summed E-state index contributed by atoms with van der Waals surface area (Å²) in [4.78, 5) is 27.4. The van der Waals surface area contributed by atoms with Crippen molar-refractivity contribution in [3.05, 3.63) is 30.1 Å². The zero-order valence-corrected chi connectivity index (χ0v) is 8.40. The molecule has 0 aliphatic carbocycles. The highest BCUT2D eigenvalue weighted by Crippen LogP contribution is 2.32. The molecule has 1 unspecified atom stereocenters. The Labute approximate surface area is 87.3 Å². The van der Waals surface area contributed by atoms with Crippen LogP contribution in [0.5, 0.6) is 0 Å². The van der Waals surface area contributed by atoms with Gasteiger partial charge in [0.05, 0.1) is 6.61 Å². The van der Waals surface area contributed by atoms with E-state index in [9.17, 15) is 9.59 Å². The number of rotatable bonds is 2. The molecule has 1 atom stereocenters. The number of ether oxygens (including phenoxy) is 1. The molecule has 0 radical (unpaired) electrons. The standard InChI is InChI=1S/C11H11NO3/c1-11(5-7-15-10(11)14)9(13)8-4-2-3-6-12-8/h2-4,6H,5,7H2,1H3. The van der Waals surface area contributed by atoms with Gasteiger partial charge in [0.2, 0.25) is 0 Å². The molecule has 2 rings (SSSR count). The fraction of sp³-hybridized carbons (Fsp3) is 0.364. The van der Waals surface area contributed by atoms with Crippen molar-refractivity contribution in [3.8, 4) is 0 Å². The first-order chi connectivity index (χ1) is 7.14. The summed E-state index contributed by atoms with van der Waals surface area (Å²) in [5, 5.41) is 0. The largest absolute Gasteiger partial charge is 0.465 e. The molecule has 0 spiro atoms. The number of cyclic esters (lactones) is 1. The summed E-state index contributed by atoms with van der Waals surface area (Å²) < 4.78 is 4.82. The Balaban J connectivity index is 2.33. The molecule has 1 saturated heterocycles. The van der Waals surface area contributed by atoms with Gasteiger partial charge in [0.1, 0.15) is 11.1 Å². The summed E-state index contributed by atoms with van der Waals surface area (Å²) in [5.41, 5.74) is -0.729. The molecular formula is C11H11NO3. The quantitative estimate of drug-likeness (QED) is 0.414. The van der Waals surface area contributed by atoms with Crippen LogP contribution in [0.3, 0.4) is 0 Å². The van der Waals surface area contributed by atoms with E-state index in [1.807, 2.05) is 0 Å². The fourth-order valence-electron chi connectivity index (χ4n) is 1.60. The zero-order valence-electron chi connectivity index (χ0n) is 8.40. The van der Waals surface area contributed by atoms with E-state index in [0.717, 1.165) is 0 Å². The van der Waals surface area contributed by atoms with Crippen LogP contribution in [-0.2, 0) is 9.53 Å². The average Bonchev–Trinajstić information content (AvgIpc) is 2.61. The molecule has 1 fully saturated rings. The van der Waals surface area contributed by atoms with Crippen LogP contribution in [0, 0.1) is 5.41 Å². The van der Waals surface area contributed by atoms with Gasteiger partial charge in [0.15, 0.2) is 5.78 Å². The summed E-state index contributed by atoms with van der Waals surface area (Å²) in [6.45, 7) is 1.92. The predicted octanol–water partition coefficient (Wildman–Crippen LogP) is 1.22. The lowest BCUT2D eigenvalue weighted by Crippen LogP contribution is -2.33. The van der Waals surface area contributed by atoms with E-state index in [-0.39, 0.29) is 5.78 Å². The van der Waals surface area contributed by atoms with Crippen molar-refractivity contribution in [1.29, 1.82) is 0 Å². The van der Waals surface area contributed by atoms with Crippen LogP contribution in [0.2, 0.25) is 0 Å². The first-order valence-electron chi connectivity index (χ1n) is 4.78. The average molecular weight is 205 g/mol. The van der Waals surface area contributed by atoms with Crippen LogP contribution in [0.1, 0.15) is 23.8 Å². The Hall–Kier alpha value is -1.71. The van der Waals surface area contributed by atoms with Gasteiger partial charge in [-0.3, -0.25) is 14.6 Å². The number of hydrogen-bond acceptors (Lipinski definition) is 4. The number of nitrogens with zero attached hydrogens (tertiary/aromatic N) is 1. The van der Waals surface area contributed by atoms with Gasteiger partial charge in [-0.1, -0.05) is 6.07 Å². The first kappa shape index (κ1) is 9.83. The van der Waals surface area contributed by atoms with E-state index in [2.05, 4.69) is 4.98 Å². The molecule has 0 N–H and O–H groups in total. The third-order valence-electron chi connectivity index (χ3n) is 2.68. The van der Waals surface area contributed by atoms with Crippen molar-refractivity contribution < 1.29 is 14.3 Å². The van der Waals surface area contributed by atoms with Crippen LogP contribution in [-0.4, -0.2) is 23.3 Å². The van der Waals surface area contributed by atoms with Gasteiger partial charge in [0.25, 0.3) is 0 Å². The van der Waals surface area contributed by atoms with Crippen molar-refractivity contribution in [1.82, 2.24) is 4.98 Å². The van der Waals surface area contributed by atoms with Crippen molar-refractivity contribution in [3.63, 3.8) is 0 Å². The minimum Gasteiger partial charge on any atom is -0.465 e. The molecule has 1 aromatic rings. The zero-order chi connectivity index (χ0) is 10.9. The molecule has 1 aromatic heterocycles. The van der Waals surface area contributed by atoms with Gasteiger partial charge in [0, 0.05) is 12.6 Å². The number of carbonyl (C=O) groups excluding carboxylic acids is 2. The Morgan fingerprint density at radius 3 is 2.87 bits per heavy atom. The van der Waals surface area contributed by atoms with Crippen molar-refractivity contribution >= 4 is 11.8 Å². The summed E-state index contributed by atoms with van der Waals surface area (Å²) in [5.74, 6) is -0.705. The molecule has 0 saturated carbocycles. The van der Waals surface area contributed by atoms with E-state index in [4.69, 9.17) is 4.74 Å². The van der Waals surface area contributed by atoms with Gasteiger partial charge < -0.3 is 4.74 Å². The Bertz CT molecular complexity index is 402.